The number of likely N-dealkylation sites (N-methyl/N-ethyl adjacent to an activating group) is 1. The van der Waals surface area contributed by atoms with E-state index < -0.39 is 15.8 Å². The van der Waals surface area contributed by atoms with Crippen molar-refractivity contribution in [1.29, 1.82) is 0 Å². The van der Waals surface area contributed by atoms with Gasteiger partial charge in [0.05, 0.1) is 6.04 Å². The average molecular weight is 342 g/mol. The molecule has 120 valence electrons. The van der Waals surface area contributed by atoms with E-state index in [1.165, 1.54) is 12.1 Å². The van der Waals surface area contributed by atoms with Crippen LogP contribution in [-0.2, 0) is 10.0 Å². The zero-order chi connectivity index (χ0) is 16.3. The van der Waals surface area contributed by atoms with Crippen LogP contribution >= 0.6 is 11.3 Å². The molecule has 1 aromatic carbocycles. The van der Waals surface area contributed by atoms with Gasteiger partial charge >= 0.3 is 0 Å². The quantitative estimate of drug-likeness (QED) is 0.878. The van der Waals surface area contributed by atoms with Gasteiger partial charge in [0.15, 0.2) is 0 Å². The summed E-state index contributed by atoms with van der Waals surface area (Å²) in [5, 5.41) is 1.94. The molecular weight excluding hydrogens is 323 g/mol. The lowest BCUT2D eigenvalue weighted by atomic mass is 10.2. The number of sulfonamides is 1. The summed E-state index contributed by atoms with van der Waals surface area (Å²) in [4.78, 5) is 2.68. The Kier molecular flexibility index (Phi) is 5.33. The van der Waals surface area contributed by atoms with Crippen molar-refractivity contribution in [3.8, 4) is 0 Å². The molecular formula is C15H19FN2O2S2. The molecule has 0 saturated heterocycles. The zero-order valence-electron chi connectivity index (χ0n) is 12.7. The fourth-order valence-corrected chi connectivity index (χ4v) is 4.22. The number of hydrogen-bond donors (Lipinski definition) is 1. The molecule has 0 radical (unpaired) electrons. The number of hydrogen-bond acceptors (Lipinski definition) is 4. The summed E-state index contributed by atoms with van der Waals surface area (Å²) in [6.07, 6.45) is 0. The minimum atomic E-state index is -3.88. The summed E-state index contributed by atoms with van der Waals surface area (Å²) >= 11 is 1.56. The van der Waals surface area contributed by atoms with Crippen molar-refractivity contribution in [1.82, 2.24) is 9.62 Å². The molecule has 0 fully saturated rings. The maximum Gasteiger partial charge on any atom is 0.243 e. The molecule has 22 heavy (non-hydrogen) atoms. The van der Waals surface area contributed by atoms with Crippen LogP contribution in [0.1, 0.15) is 16.5 Å². The first-order valence-corrected chi connectivity index (χ1v) is 9.13. The third kappa shape index (κ3) is 3.92. The van der Waals surface area contributed by atoms with Crippen LogP contribution in [0.15, 0.2) is 40.6 Å². The minimum absolute atomic E-state index is 0.0948. The number of nitrogens with one attached hydrogen (secondary N) is 1. The molecule has 1 atom stereocenters. The Morgan fingerprint density at radius 3 is 2.64 bits per heavy atom. The molecule has 0 aliphatic rings. The molecule has 4 nitrogen and oxygen atoms in total. The van der Waals surface area contributed by atoms with Gasteiger partial charge < -0.3 is 4.90 Å². The summed E-state index contributed by atoms with van der Waals surface area (Å²) in [5.41, 5.74) is 0.698. The topological polar surface area (TPSA) is 49.4 Å². The number of nitrogens with zero attached hydrogens (tertiary/aromatic N) is 1. The third-order valence-electron chi connectivity index (χ3n) is 3.34. The van der Waals surface area contributed by atoms with Gasteiger partial charge in [-0.15, -0.1) is 11.3 Å². The molecule has 1 aromatic heterocycles. The van der Waals surface area contributed by atoms with Gasteiger partial charge in [0.2, 0.25) is 10.0 Å². The Morgan fingerprint density at radius 2 is 2.05 bits per heavy atom. The van der Waals surface area contributed by atoms with Gasteiger partial charge in [-0.25, -0.2) is 17.5 Å². The Balaban J connectivity index is 2.20. The normalized spacial score (nSPS) is 13.5. The summed E-state index contributed by atoms with van der Waals surface area (Å²) in [7, 11) is -0.118. The lowest BCUT2D eigenvalue weighted by molar-refractivity contribution is 0.303. The molecule has 0 amide bonds. The maximum atomic E-state index is 13.8. The highest BCUT2D eigenvalue weighted by molar-refractivity contribution is 7.89. The molecule has 1 heterocycles. The SMILES string of the molecule is Cc1ccc(F)c(S(=O)(=O)NCC(c2cccs2)N(C)C)c1. The molecule has 2 aromatic rings. The van der Waals surface area contributed by atoms with Crippen molar-refractivity contribution in [3.63, 3.8) is 0 Å². The number of halogens is 1. The van der Waals surface area contributed by atoms with Gasteiger partial charge in [-0.3, -0.25) is 0 Å². The third-order valence-corrected chi connectivity index (χ3v) is 5.75. The number of benzene rings is 1. The molecule has 7 heteroatoms. The van der Waals surface area contributed by atoms with Crippen LogP contribution in [0, 0.1) is 12.7 Å². The second kappa shape index (κ2) is 6.87. The second-order valence-electron chi connectivity index (χ2n) is 5.28. The molecule has 1 unspecified atom stereocenters. The molecule has 2 rings (SSSR count). The van der Waals surface area contributed by atoms with E-state index >= 15 is 0 Å². The van der Waals surface area contributed by atoms with Gasteiger partial charge in [-0.05, 0) is 50.2 Å². The maximum absolute atomic E-state index is 13.8. The molecule has 0 bridgehead atoms. The monoisotopic (exact) mass is 342 g/mol. The summed E-state index contributed by atoms with van der Waals surface area (Å²) in [5.74, 6) is -0.740. The van der Waals surface area contributed by atoms with Gasteiger partial charge in [-0.2, -0.15) is 0 Å². The zero-order valence-corrected chi connectivity index (χ0v) is 14.3. The molecule has 0 aliphatic carbocycles. The van der Waals surface area contributed by atoms with E-state index in [1.807, 2.05) is 36.5 Å². The Morgan fingerprint density at radius 1 is 1.32 bits per heavy atom. The standard InChI is InChI=1S/C15H19FN2O2S2/c1-11-6-7-12(16)15(9-11)22(19,20)17-10-13(18(2)3)14-5-4-8-21-14/h4-9,13,17H,10H2,1-3H3. The van der Waals surface area contributed by atoms with Crippen LogP contribution in [0.4, 0.5) is 4.39 Å². The first-order valence-electron chi connectivity index (χ1n) is 6.77. The Labute approximate surface area is 134 Å². The van der Waals surface area contributed by atoms with E-state index in [0.29, 0.717) is 5.56 Å². The van der Waals surface area contributed by atoms with Gasteiger partial charge in [-0.1, -0.05) is 12.1 Å². The van der Waals surface area contributed by atoms with Crippen LogP contribution < -0.4 is 4.72 Å². The van der Waals surface area contributed by atoms with E-state index in [0.717, 1.165) is 4.88 Å². The number of aryl methyl sites for hydroxylation is 1. The fourth-order valence-electron chi connectivity index (χ4n) is 2.10. The van der Waals surface area contributed by atoms with Crippen LogP contribution in [0.3, 0.4) is 0 Å². The first-order chi connectivity index (χ1) is 10.3. The van der Waals surface area contributed by atoms with Crippen molar-refractivity contribution >= 4 is 21.4 Å². The minimum Gasteiger partial charge on any atom is -0.300 e. The highest BCUT2D eigenvalue weighted by Crippen LogP contribution is 2.23. The van der Waals surface area contributed by atoms with Crippen LogP contribution in [0.5, 0.6) is 0 Å². The smallest absolute Gasteiger partial charge is 0.243 e. The van der Waals surface area contributed by atoms with E-state index in [9.17, 15) is 12.8 Å². The van der Waals surface area contributed by atoms with Crippen molar-refractivity contribution in [2.24, 2.45) is 0 Å². The number of rotatable bonds is 6. The first kappa shape index (κ1) is 17.1. The highest BCUT2D eigenvalue weighted by atomic mass is 32.2. The molecule has 0 saturated carbocycles. The van der Waals surface area contributed by atoms with Crippen molar-refractivity contribution < 1.29 is 12.8 Å². The van der Waals surface area contributed by atoms with E-state index in [2.05, 4.69) is 4.72 Å². The van der Waals surface area contributed by atoms with Crippen molar-refractivity contribution in [2.75, 3.05) is 20.6 Å². The molecule has 1 N–H and O–H groups in total. The number of thiophene rings is 1. The Hall–Kier alpha value is -1.28. The van der Waals surface area contributed by atoms with Crippen LogP contribution in [0.2, 0.25) is 0 Å². The summed E-state index contributed by atoms with van der Waals surface area (Å²) in [6.45, 7) is 1.91. The second-order valence-corrected chi connectivity index (χ2v) is 8.00. The summed E-state index contributed by atoms with van der Waals surface area (Å²) in [6, 6.07) is 7.84. The lowest BCUT2D eigenvalue weighted by Gasteiger charge is -2.23. The lowest BCUT2D eigenvalue weighted by Crippen LogP contribution is -2.34. The van der Waals surface area contributed by atoms with Crippen molar-refractivity contribution in [2.45, 2.75) is 17.9 Å². The largest absolute Gasteiger partial charge is 0.300 e. The van der Waals surface area contributed by atoms with Crippen LogP contribution in [-0.4, -0.2) is 34.0 Å². The predicted octanol–water partition coefficient (Wildman–Crippen LogP) is 2.78. The van der Waals surface area contributed by atoms with Gasteiger partial charge in [0, 0.05) is 11.4 Å². The van der Waals surface area contributed by atoms with Crippen molar-refractivity contribution in [3.05, 3.63) is 52.0 Å². The van der Waals surface area contributed by atoms with E-state index in [-0.39, 0.29) is 17.5 Å². The summed E-state index contributed by atoms with van der Waals surface area (Å²) < 4.78 is 41.0. The van der Waals surface area contributed by atoms with Gasteiger partial charge in [0.1, 0.15) is 10.7 Å². The highest BCUT2D eigenvalue weighted by Gasteiger charge is 2.22. The average Bonchev–Trinajstić information content (AvgIpc) is 2.95. The predicted molar refractivity (Wildman–Crippen MR) is 87.1 cm³/mol. The van der Waals surface area contributed by atoms with Gasteiger partial charge in [0.25, 0.3) is 0 Å². The van der Waals surface area contributed by atoms with Crippen LogP contribution in [0.25, 0.3) is 0 Å². The Bertz CT molecular complexity index is 728. The molecule has 0 spiro atoms. The van der Waals surface area contributed by atoms with E-state index in [1.54, 1.807) is 24.3 Å². The fraction of sp³-hybridized carbons (Fsp3) is 0.333. The van der Waals surface area contributed by atoms with E-state index in [4.69, 9.17) is 0 Å². The molecule has 0 aliphatic heterocycles.